The summed E-state index contributed by atoms with van der Waals surface area (Å²) in [6, 6.07) is 4.93. The number of benzene rings is 1. The first-order valence-corrected chi connectivity index (χ1v) is 3.57. The summed E-state index contributed by atoms with van der Waals surface area (Å²) in [6.07, 6.45) is 0. The highest BCUT2D eigenvalue weighted by Gasteiger charge is 2.07. The number of rotatable bonds is 2. The minimum Gasteiger partial charge on any atom is -0.478 e. The Morgan fingerprint density at radius 1 is 1.58 bits per heavy atom. The summed E-state index contributed by atoms with van der Waals surface area (Å²) in [5, 5.41) is 8.69. The molecule has 0 spiro atoms. The van der Waals surface area contributed by atoms with Crippen molar-refractivity contribution in [3.63, 3.8) is 0 Å². The van der Waals surface area contributed by atoms with Gasteiger partial charge in [0.2, 0.25) is 0 Å². The lowest BCUT2D eigenvalue weighted by atomic mass is 9.73. The van der Waals surface area contributed by atoms with Crippen molar-refractivity contribution in [2.24, 2.45) is 0 Å². The maximum Gasteiger partial charge on any atom is 0.337 e. The van der Waals surface area contributed by atoms with Crippen molar-refractivity contribution >= 4 is 24.4 Å². The molecule has 0 saturated carbocycles. The minimum absolute atomic E-state index is 0.158. The van der Waals surface area contributed by atoms with Crippen LogP contribution >= 0.6 is 0 Å². The molecule has 61 valence electrons. The van der Waals surface area contributed by atoms with Gasteiger partial charge in [-0.1, -0.05) is 24.4 Å². The van der Waals surface area contributed by atoms with Gasteiger partial charge in [-0.2, -0.15) is 0 Å². The number of carboxylic acids is 1. The molecule has 0 fully saturated rings. The lowest BCUT2D eigenvalue weighted by molar-refractivity contribution is 0.0698. The topological polar surface area (TPSA) is 63.3 Å². The first-order valence-electron chi connectivity index (χ1n) is 3.57. The van der Waals surface area contributed by atoms with E-state index in [0.717, 1.165) is 5.46 Å². The summed E-state index contributed by atoms with van der Waals surface area (Å²) >= 11 is 0. The molecule has 0 aliphatic rings. The monoisotopic (exact) mass is 162 g/mol. The smallest absolute Gasteiger partial charge is 0.337 e. The van der Waals surface area contributed by atoms with Crippen LogP contribution in [0.5, 0.6) is 0 Å². The number of hydrogen-bond acceptors (Lipinski definition) is 2. The Labute approximate surface area is 71.4 Å². The molecule has 0 atom stereocenters. The second-order valence-corrected chi connectivity index (χ2v) is 2.44. The Morgan fingerprint density at radius 2 is 2.25 bits per heavy atom. The Kier molecular flexibility index (Phi) is 2.38. The van der Waals surface area contributed by atoms with Gasteiger partial charge in [0.1, 0.15) is 7.28 Å². The van der Waals surface area contributed by atoms with Crippen LogP contribution in [0.15, 0.2) is 18.2 Å². The average molecular weight is 162 g/mol. The maximum atomic E-state index is 10.6. The van der Waals surface area contributed by atoms with Gasteiger partial charge in [-0.25, -0.2) is 4.79 Å². The van der Waals surface area contributed by atoms with Gasteiger partial charge in [-0.3, -0.25) is 0 Å². The van der Waals surface area contributed by atoms with Crippen LogP contribution in [0.25, 0.3) is 0 Å². The number of carbonyl (C=O) groups is 1. The molecule has 3 N–H and O–H groups in total. The number of anilines is 1. The summed E-state index contributed by atoms with van der Waals surface area (Å²) in [5.41, 5.74) is 6.77. The van der Waals surface area contributed by atoms with Gasteiger partial charge < -0.3 is 10.8 Å². The molecule has 0 unspecified atom stereocenters. The first-order chi connectivity index (χ1) is 5.65. The van der Waals surface area contributed by atoms with Crippen molar-refractivity contribution in [2.75, 3.05) is 5.73 Å². The molecule has 0 bridgehead atoms. The van der Waals surface area contributed by atoms with Gasteiger partial charge in [-0.05, 0) is 6.07 Å². The predicted molar refractivity (Wildman–Crippen MR) is 49.1 cm³/mol. The van der Waals surface area contributed by atoms with Crippen molar-refractivity contribution in [3.05, 3.63) is 23.8 Å². The first kappa shape index (κ1) is 8.65. The van der Waals surface area contributed by atoms with Crippen molar-refractivity contribution in [3.8, 4) is 0 Å². The van der Waals surface area contributed by atoms with E-state index in [1.165, 1.54) is 0 Å². The lowest BCUT2D eigenvalue weighted by Crippen LogP contribution is -2.14. The SMILES string of the molecule is C[B]c1ccc(N)c(C(=O)O)c1. The zero-order valence-corrected chi connectivity index (χ0v) is 6.74. The highest BCUT2D eigenvalue weighted by atomic mass is 16.4. The molecule has 3 nitrogen and oxygen atoms in total. The molecule has 0 aliphatic carbocycles. The summed E-state index contributed by atoms with van der Waals surface area (Å²) in [4.78, 5) is 10.6. The molecule has 1 radical (unpaired) electrons. The van der Waals surface area contributed by atoms with Crippen LogP contribution in [-0.4, -0.2) is 18.4 Å². The van der Waals surface area contributed by atoms with Gasteiger partial charge in [0.05, 0.1) is 5.56 Å². The maximum absolute atomic E-state index is 10.6. The average Bonchev–Trinajstić information content (AvgIpc) is 2.05. The van der Waals surface area contributed by atoms with E-state index in [4.69, 9.17) is 10.8 Å². The molecular formula is C8H9BNO2. The molecule has 1 aromatic carbocycles. The summed E-state index contributed by atoms with van der Waals surface area (Å²) in [5.74, 6) is -0.990. The van der Waals surface area contributed by atoms with Crippen molar-refractivity contribution in [1.82, 2.24) is 0 Å². The van der Waals surface area contributed by atoms with Crippen LogP contribution in [0.1, 0.15) is 10.4 Å². The van der Waals surface area contributed by atoms with Crippen molar-refractivity contribution < 1.29 is 9.90 Å². The van der Waals surface area contributed by atoms with Gasteiger partial charge >= 0.3 is 5.97 Å². The molecule has 0 aromatic heterocycles. The molecule has 12 heavy (non-hydrogen) atoms. The van der Waals surface area contributed by atoms with Gasteiger partial charge in [-0.15, -0.1) is 0 Å². The van der Waals surface area contributed by atoms with Crippen LogP contribution in [0, 0.1) is 0 Å². The normalized spacial score (nSPS) is 9.42. The fourth-order valence-electron chi connectivity index (χ4n) is 0.939. The van der Waals surface area contributed by atoms with Crippen LogP contribution in [0.2, 0.25) is 6.82 Å². The second kappa shape index (κ2) is 3.30. The van der Waals surface area contributed by atoms with Gasteiger partial charge in [0.15, 0.2) is 0 Å². The van der Waals surface area contributed by atoms with E-state index < -0.39 is 5.97 Å². The third kappa shape index (κ3) is 1.58. The van der Waals surface area contributed by atoms with Crippen LogP contribution in [-0.2, 0) is 0 Å². The number of hydrogen-bond donors (Lipinski definition) is 2. The van der Waals surface area contributed by atoms with E-state index in [0.29, 0.717) is 5.69 Å². The highest BCUT2D eigenvalue weighted by molar-refractivity contribution is 6.52. The van der Waals surface area contributed by atoms with Crippen LogP contribution in [0.3, 0.4) is 0 Å². The van der Waals surface area contributed by atoms with E-state index in [2.05, 4.69) is 0 Å². The van der Waals surface area contributed by atoms with E-state index in [-0.39, 0.29) is 5.56 Å². The number of nitrogen functional groups attached to an aromatic ring is 1. The van der Waals surface area contributed by atoms with Crippen molar-refractivity contribution in [1.29, 1.82) is 0 Å². The lowest BCUT2D eigenvalue weighted by Gasteiger charge is -2.02. The third-order valence-electron chi connectivity index (χ3n) is 1.64. The molecule has 1 rings (SSSR count). The third-order valence-corrected chi connectivity index (χ3v) is 1.64. The summed E-state index contributed by atoms with van der Waals surface area (Å²) < 4.78 is 0. The largest absolute Gasteiger partial charge is 0.478 e. The Bertz CT molecular complexity index is 312. The van der Waals surface area contributed by atoms with Crippen molar-refractivity contribution in [2.45, 2.75) is 6.82 Å². The zero-order chi connectivity index (χ0) is 9.14. The second-order valence-electron chi connectivity index (χ2n) is 2.44. The Morgan fingerprint density at radius 3 is 2.75 bits per heavy atom. The standard InChI is InChI=1S/C8H9BNO2/c1-9-5-2-3-7(10)6(4-5)8(11)12/h2-4H,10H2,1H3,(H,11,12). The van der Waals surface area contributed by atoms with E-state index in [1.54, 1.807) is 18.2 Å². The zero-order valence-electron chi connectivity index (χ0n) is 6.74. The van der Waals surface area contributed by atoms with E-state index in [1.807, 2.05) is 14.1 Å². The molecule has 1 aromatic rings. The molecule has 0 amide bonds. The molecular weight excluding hydrogens is 153 g/mol. The predicted octanol–water partition coefficient (Wildman–Crippen LogP) is 0.345. The van der Waals surface area contributed by atoms with E-state index >= 15 is 0 Å². The molecule has 0 heterocycles. The van der Waals surface area contributed by atoms with Gasteiger partial charge in [0.25, 0.3) is 0 Å². The fraction of sp³-hybridized carbons (Fsp3) is 0.125. The van der Waals surface area contributed by atoms with Crippen LogP contribution < -0.4 is 11.2 Å². The highest BCUT2D eigenvalue weighted by Crippen LogP contribution is 2.08. The number of nitrogens with two attached hydrogens (primary N) is 1. The summed E-state index contributed by atoms with van der Waals surface area (Å²) in [7, 11) is 1.83. The Hall–Kier alpha value is -1.45. The Balaban J connectivity index is 3.17. The number of carboxylic acid groups (broad SMARTS) is 1. The quantitative estimate of drug-likeness (QED) is 0.486. The molecule has 0 aliphatic heterocycles. The fourth-order valence-corrected chi connectivity index (χ4v) is 0.939. The summed E-state index contributed by atoms with van der Waals surface area (Å²) in [6.45, 7) is 1.84. The van der Waals surface area contributed by atoms with Crippen LogP contribution in [0.4, 0.5) is 5.69 Å². The number of aromatic carboxylic acids is 1. The van der Waals surface area contributed by atoms with E-state index in [9.17, 15) is 4.79 Å². The van der Waals surface area contributed by atoms with Gasteiger partial charge in [0, 0.05) is 5.69 Å². The minimum atomic E-state index is -0.990. The molecule has 4 heteroatoms. The molecule has 0 saturated heterocycles.